The molecule has 0 radical (unpaired) electrons. The molecule has 1 aliphatic rings. The maximum absolute atomic E-state index is 12.3. The maximum Gasteiger partial charge on any atom is 0.163 e. The van der Waals surface area contributed by atoms with E-state index in [2.05, 4.69) is 13.8 Å². The van der Waals surface area contributed by atoms with Gasteiger partial charge in [-0.25, -0.2) is 0 Å². The highest BCUT2D eigenvalue weighted by atomic mass is 16.7. The molecule has 0 unspecified atom stereocenters. The fraction of sp³-hybridized carbons (Fsp3) is 0.696. The van der Waals surface area contributed by atoms with Gasteiger partial charge in [0.05, 0.1) is 32.5 Å². The summed E-state index contributed by atoms with van der Waals surface area (Å²) in [6, 6.07) is 7.89. The monoisotopic (exact) mass is 392 g/mol. The van der Waals surface area contributed by atoms with E-state index in [1.165, 1.54) is 0 Å². The SMILES string of the molecule is CCC(=O)[C@H](C)[C@@H]1OC(C)(C)O[C@H]([C@@H](C)COCc2ccc(OC)cc2)[C@@H]1C. The summed E-state index contributed by atoms with van der Waals surface area (Å²) in [5, 5.41) is 0. The van der Waals surface area contributed by atoms with Crippen molar-refractivity contribution in [2.45, 2.75) is 72.6 Å². The minimum absolute atomic E-state index is 0.0308. The standard InChI is InChI=1S/C23H36O5/c1-8-20(24)16(3)22-17(4)21(27-23(5,6)28-22)15(2)13-26-14-18-9-11-19(25-7)12-10-18/h9-12,15-17,21-22H,8,13-14H2,1-7H3/t15-,16-,17-,21+,22-/m0/s1. The van der Waals surface area contributed by atoms with Crippen LogP contribution >= 0.6 is 0 Å². The molecule has 1 aromatic carbocycles. The second-order valence-corrected chi connectivity index (χ2v) is 8.37. The van der Waals surface area contributed by atoms with Gasteiger partial charge in [-0.15, -0.1) is 0 Å². The second-order valence-electron chi connectivity index (χ2n) is 8.37. The lowest BCUT2D eigenvalue weighted by molar-refractivity contribution is -0.333. The van der Waals surface area contributed by atoms with E-state index in [4.69, 9.17) is 18.9 Å². The van der Waals surface area contributed by atoms with Crippen molar-refractivity contribution < 1.29 is 23.7 Å². The molecule has 0 amide bonds. The minimum atomic E-state index is -0.714. The molecule has 0 bridgehead atoms. The summed E-state index contributed by atoms with van der Waals surface area (Å²) in [6.45, 7) is 13.1. The molecular formula is C23H36O5. The highest BCUT2D eigenvalue weighted by Gasteiger charge is 2.46. The van der Waals surface area contributed by atoms with Crippen molar-refractivity contribution in [2.75, 3.05) is 13.7 Å². The first-order chi connectivity index (χ1) is 13.2. The molecule has 0 N–H and O–H groups in total. The van der Waals surface area contributed by atoms with E-state index in [-0.39, 0.29) is 35.7 Å². The summed E-state index contributed by atoms with van der Waals surface area (Å²) in [4.78, 5) is 12.3. The average molecular weight is 393 g/mol. The number of ketones is 1. The number of carbonyl (C=O) groups is 1. The molecule has 5 heteroatoms. The first-order valence-corrected chi connectivity index (χ1v) is 10.3. The van der Waals surface area contributed by atoms with Crippen LogP contribution in [-0.4, -0.2) is 37.5 Å². The van der Waals surface area contributed by atoms with Crippen LogP contribution in [0.3, 0.4) is 0 Å². The van der Waals surface area contributed by atoms with Crippen molar-refractivity contribution in [3.8, 4) is 5.75 Å². The molecule has 1 aliphatic heterocycles. The van der Waals surface area contributed by atoms with Crippen molar-refractivity contribution in [1.29, 1.82) is 0 Å². The van der Waals surface area contributed by atoms with Gasteiger partial charge < -0.3 is 18.9 Å². The molecule has 0 saturated carbocycles. The van der Waals surface area contributed by atoms with Crippen molar-refractivity contribution in [1.82, 2.24) is 0 Å². The Morgan fingerprint density at radius 3 is 2.32 bits per heavy atom. The van der Waals surface area contributed by atoms with Gasteiger partial charge in [-0.2, -0.15) is 0 Å². The Bertz CT molecular complexity index is 624. The normalized spacial score (nSPS) is 26.5. The molecule has 1 heterocycles. The lowest BCUT2D eigenvalue weighted by Crippen LogP contribution is -2.55. The Hall–Kier alpha value is -1.43. The number of hydrogen-bond acceptors (Lipinski definition) is 5. The zero-order valence-electron chi connectivity index (χ0n) is 18.4. The molecule has 0 aliphatic carbocycles. The quantitative estimate of drug-likeness (QED) is 0.614. The highest BCUT2D eigenvalue weighted by Crippen LogP contribution is 2.38. The van der Waals surface area contributed by atoms with Crippen LogP contribution in [-0.2, 0) is 25.6 Å². The molecule has 2 rings (SSSR count). The maximum atomic E-state index is 12.3. The lowest BCUT2D eigenvalue weighted by atomic mass is 9.81. The van der Waals surface area contributed by atoms with E-state index in [1.54, 1.807) is 7.11 Å². The topological polar surface area (TPSA) is 54.0 Å². The Balaban J connectivity index is 1.97. The van der Waals surface area contributed by atoms with Gasteiger partial charge in [-0.1, -0.05) is 39.8 Å². The van der Waals surface area contributed by atoms with Gasteiger partial charge in [-0.05, 0) is 31.5 Å². The molecule has 1 fully saturated rings. The third-order valence-electron chi connectivity index (χ3n) is 5.59. The largest absolute Gasteiger partial charge is 0.497 e. The molecule has 28 heavy (non-hydrogen) atoms. The molecule has 0 aromatic heterocycles. The second kappa shape index (κ2) is 9.86. The summed E-state index contributed by atoms with van der Waals surface area (Å²) in [7, 11) is 1.66. The van der Waals surface area contributed by atoms with E-state index < -0.39 is 5.79 Å². The van der Waals surface area contributed by atoms with Crippen molar-refractivity contribution in [3.05, 3.63) is 29.8 Å². The fourth-order valence-electron chi connectivity index (χ4n) is 3.96. The van der Waals surface area contributed by atoms with Crippen molar-refractivity contribution in [3.63, 3.8) is 0 Å². The van der Waals surface area contributed by atoms with Gasteiger partial charge in [0.1, 0.15) is 11.5 Å². The molecule has 1 saturated heterocycles. The molecule has 158 valence electrons. The van der Waals surface area contributed by atoms with Gasteiger partial charge in [0.15, 0.2) is 5.79 Å². The van der Waals surface area contributed by atoms with E-state index >= 15 is 0 Å². The number of rotatable bonds is 9. The fourth-order valence-corrected chi connectivity index (χ4v) is 3.96. The molecular weight excluding hydrogens is 356 g/mol. The van der Waals surface area contributed by atoms with E-state index in [0.717, 1.165) is 11.3 Å². The first kappa shape index (κ1) is 22.9. The summed E-state index contributed by atoms with van der Waals surface area (Å²) in [5.74, 6) is 0.510. The predicted molar refractivity (Wildman–Crippen MR) is 109 cm³/mol. The molecule has 0 spiro atoms. The third kappa shape index (κ3) is 5.79. The minimum Gasteiger partial charge on any atom is -0.497 e. The van der Waals surface area contributed by atoms with E-state index in [1.807, 2.05) is 52.0 Å². The van der Waals surface area contributed by atoms with Gasteiger partial charge >= 0.3 is 0 Å². The van der Waals surface area contributed by atoms with Gasteiger partial charge in [-0.3, -0.25) is 4.79 Å². The van der Waals surface area contributed by atoms with Gasteiger partial charge in [0, 0.05) is 24.2 Å². The van der Waals surface area contributed by atoms with Crippen molar-refractivity contribution >= 4 is 5.78 Å². The lowest BCUT2D eigenvalue weighted by Gasteiger charge is -2.48. The summed E-state index contributed by atoms with van der Waals surface area (Å²) in [6.07, 6.45) is 0.349. The van der Waals surface area contributed by atoms with E-state index in [0.29, 0.717) is 19.6 Å². The molecule has 5 atom stereocenters. The Morgan fingerprint density at radius 1 is 1.14 bits per heavy atom. The first-order valence-electron chi connectivity index (χ1n) is 10.3. The predicted octanol–water partition coefficient (Wildman–Crippen LogP) is 4.62. The summed E-state index contributed by atoms with van der Waals surface area (Å²) < 4.78 is 23.5. The van der Waals surface area contributed by atoms with Crippen LogP contribution in [0.2, 0.25) is 0 Å². The zero-order valence-corrected chi connectivity index (χ0v) is 18.4. The third-order valence-corrected chi connectivity index (χ3v) is 5.59. The summed E-state index contributed by atoms with van der Waals surface area (Å²) >= 11 is 0. The zero-order chi connectivity index (χ0) is 20.9. The van der Waals surface area contributed by atoms with Gasteiger partial charge in [0.25, 0.3) is 0 Å². The van der Waals surface area contributed by atoms with Crippen LogP contribution in [0.25, 0.3) is 0 Å². The van der Waals surface area contributed by atoms with Crippen LogP contribution < -0.4 is 4.74 Å². The van der Waals surface area contributed by atoms with Crippen LogP contribution in [0.15, 0.2) is 24.3 Å². The smallest absolute Gasteiger partial charge is 0.163 e. The number of hydrogen-bond donors (Lipinski definition) is 0. The Labute approximate surface area is 169 Å². The Morgan fingerprint density at radius 2 is 1.75 bits per heavy atom. The van der Waals surface area contributed by atoms with E-state index in [9.17, 15) is 4.79 Å². The van der Waals surface area contributed by atoms with Crippen LogP contribution in [0.4, 0.5) is 0 Å². The number of methoxy groups -OCH3 is 1. The Kier molecular flexibility index (Phi) is 8.05. The summed E-state index contributed by atoms with van der Waals surface area (Å²) in [5.41, 5.74) is 1.11. The van der Waals surface area contributed by atoms with Crippen LogP contribution in [0, 0.1) is 17.8 Å². The number of ether oxygens (including phenoxy) is 4. The van der Waals surface area contributed by atoms with Crippen LogP contribution in [0.1, 0.15) is 53.5 Å². The van der Waals surface area contributed by atoms with Crippen molar-refractivity contribution in [2.24, 2.45) is 17.8 Å². The van der Waals surface area contributed by atoms with Crippen LogP contribution in [0.5, 0.6) is 5.75 Å². The number of benzene rings is 1. The molecule has 1 aromatic rings. The average Bonchev–Trinajstić information content (AvgIpc) is 2.68. The van der Waals surface area contributed by atoms with Gasteiger partial charge in [0.2, 0.25) is 0 Å². The highest BCUT2D eigenvalue weighted by molar-refractivity contribution is 5.80. The number of Topliss-reactive ketones (excluding diaryl/α,β-unsaturated/α-hetero) is 1. The number of carbonyl (C=O) groups excluding carboxylic acids is 1. The molecule has 5 nitrogen and oxygen atoms in total.